The molecule has 0 amide bonds. The number of nitrogens with zero attached hydrogens (tertiary/aromatic N) is 4. The van der Waals surface area contributed by atoms with E-state index >= 15 is 0 Å². The number of aliphatic imine (C=N–C) groups is 3. The molecule has 0 bridgehead atoms. The molecule has 0 fully saturated rings. The van der Waals surface area contributed by atoms with Crippen molar-refractivity contribution in [3.05, 3.63) is 83.4 Å². The SMILES string of the molecule is CN=C([O-])c1ccc(C2=CN=C3N=CC(Cc4ccc5ncccc5c4)[NH+]3N2)cc1F. The summed E-state index contributed by atoms with van der Waals surface area (Å²) in [5.74, 6) is -0.563. The van der Waals surface area contributed by atoms with E-state index in [2.05, 4.69) is 37.5 Å². The molecule has 2 unspecified atom stereocenters. The number of aromatic nitrogens is 1. The number of halogens is 1. The number of hydrogen-bond acceptors (Lipinski definition) is 6. The summed E-state index contributed by atoms with van der Waals surface area (Å²) in [5.41, 5.74) is 6.70. The summed E-state index contributed by atoms with van der Waals surface area (Å²) >= 11 is 0. The monoisotopic (exact) mass is 414 g/mol. The fourth-order valence-corrected chi connectivity index (χ4v) is 3.81. The van der Waals surface area contributed by atoms with Gasteiger partial charge in [0.1, 0.15) is 11.5 Å². The second-order valence-corrected chi connectivity index (χ2v) is 7.38. The van der Waals surface area contributed by atoms with Gasteiger partial charge in [-0.3, -0.25) is 4.98 Å². The maximum Gasteiger partial charge on any atom is 0.352 e. The zero-order valence-corrected chi connectivity index (χ0v) is 16.7. The Morgan fingerprint density at radius 1 is 1.23 bits per heavy atom. The molecule has 154 valence electrons. The molecular formula is C23H19FN6O. The smallest absolute Gasteiger partial charge is 0.352 e. The van der Waals surface area contributed by atoms with Gasteiger partial charge in [0.2, 0.25) is 0 Å². The third-order valence-corrected chi connectivity index (χ3v) is 5.41. The van der Waals surface area contributed by atoms with Gasteiger partial charge in [0, 0.05) is 36.2 Å². The first-order valence-electron chi connectivity index (χ1n) is 9.86. The molecule has 1 aromatic heterocycles. The number of benzene rings is 2. The number of hydrogen-bond donors (Lipinski definition) is 2. The Kier molecular flexibility index (Phi) is 4.76. The minimum Gasteiger partial charge on any atom is -0.858 e. The summed E-state index contributed by atoms with van der Waals surface area (Å²) in [6.07, 6.45) is 6.05. The number of pyridine rings is 1. The highest BCUT2D eigenvalue weighted by molar-refractivity contribution is 5.92. The lowest BCUT2D eigenvalue weighted by atomic mass is 10.0. The number of fused-ring (bicyclic) bond motifs is 2. The lowest BCUT2D eigenvalue weighted by Gasteiger charge is -2.24. The molecule has 2 atom stereocenters. The normalized spacial score (nSPS) is 20.3. The van der Waals surface area contributed by atoms with Crippen molar-refractivity contribution < 1.29 is 14.5 Å². The maximum absolute atomic E-state index is 14.4. The van der Waals surface area contributed by atoms with Crippen LogP contribution in [0, 0.1) is 5.82 Å². The zero-order chi connectivity index (χ0) is 21.4. The highest BCUT2D eigenvalue weighted by Gasteiger charge is 2.35. The molecule has 2 N–H and O–H groups in total. The van der Waals surface area contributed by atoms with Crippen LogP contribution in [0.15, 0.2) is 75.9 Å². The molecule has 0 aliphatic carbocycles. The summed E-state index contributed by atoms with van der Waals surface area (Å²) in [5, 5.41) is 13.7. The third-order valence-electron chi connectivity index (χ3n) is 5.41. The summed E-state index contributed by atoms with van der Waals surface area (Å²) in [7, 11) is 1.35. The standard InChI is InChI=1S/C23H19FN6O/c1-25-22(31)18-6-5-16(11-19(18)24)21-13-28-23-27-12-17(30(23)29-21)10-14-4-7-20-15(9-14)3-2-8-26-20/h2-9,11-13,17,29H,10H2,1H3,(H,25,31). The molecule has 7 nitrogen and oxygen atoms in total. The molecule has 3 aromatic rings. The second-order valence-electron chi connectivity index (χ2n) is 7.38. The summed E-state index contributed by atoms with van der Waals surface area (Å²) in [4.78, 5) is 16.7. The average Bonchev–Trinajstić information content (AvgIpc) is 3.20. The van der Waals surface area contributed by atoms with Gasteiger partial charge >= 0.3 is 5.96 Å². The van der Waals surface area contributed by atoms with E-state index in [1.807, 2.05) is 24.4 Å². The number of guanidine groups is 1. The van der Waals surface area contributed by atoms with Crippen molar-refractivity contribution in [2.45, 2.75) is 12.5 Å². The average molecular weight is 414 g/mol. The van der Waals surface area contributed by atoms with Gasteiger partial charge in [0.25, 0.3) is 0 Å². The van der Waals surface area contributed by atoms with Gasteiger partial charge < -0.3 is 10.1 Å². The van der Waals surface area contributed by atoms with Crippen LogP contribution in [0.2, 0.25) is 0 Å². The lowest BCUT2D eigenvalue weighted by molar-refractivity contribution is -0.859. The number of rotatable bonds is 4. The summed E-state index contributed by atoms with van der Waals surface area (Å²) in [6.45, 7) is 0. The molecule has 0 radical (unpaired) electrons. The predicted molar refractivity (Wildman–Crippen MR) is 116 cm³/mol. The lowest BCUT2D eigenvalue weighted by Crippen LogP contribution is -3.22. The number of quaternary nitrogens is 1. The van der Waals surface area contributed by atoms with E-state index in [0.717, 1.165) is 22.3 Å². The van der Waals surface area contributed by atoms with Crippen LogP contribution in [0.4, 0.5) is 4.39 Å². The Balaban J connectivity index is 1.37. The minimum atomic E-state index is -0.612. The molecule has 0 spiro atoms. The van der Waals surface area contributed by atoms with E-state index in [-0.39, 0.29) is 11.6 Å². The maximum atomic E-state index is 14.4. The van der Waals surface area contributed by atoms with E-state index in [9.17, 15) is 9.50 Å². The van der Waals surface area contributed by atoms with Gasteiger partial charge in [-0.2, -0.15) is 15.0 Å². The van der Waals surface area contributed by atoms with Gasteiger partial charge in [0.05, 0.1) is 17.9 Å². The van der Waals surface area contributed by atoms with Crippen LogP contribution in [0.3, 0.4) is 0 Å². The van der Waals surface area contributed by atoms with E-state index in [0.29, 0.717) is 17.2 Å². The Labute approximate surface area is 178 Å². The van der Waals surface area contributed by atoms with Crippen LogP contribution in [0.25, 0.3) is 16.6 Å². The van der Waals surface area contributed by atoms with Crippen LogP contribution in [-0.2, 0) is 6.42 Å². The fraction of sp³-hybridized carbons (Fsp3) is 0.130. The Hall–Kier alpha value is -3.91. The molecule has 2 aliphatic heterocycles. The minimum absolute atomic E-state index is 0.0289. The molecule has 0 saturated carbocycles. The van der Waals surface area contributed by atoms with Crippen molar-refractivity contribution in [3.63, 3.8) is 0 Å². The highest BCUT2D eigenvalue weighted by Crippen LogP contribution is 2.18. The van der Waals surface area contributed by atoms with E-state index < -0.39 is 11.7 Å². The van der Waals surface area contributed by atoms with Crippen molar-refractivity contribution in [1.82, 2.24) is 10.4 Å². The fourth-order valence-electron chi connectivity index (χ4n) is 3.81. The topological polar surface area (TPSA) is 89.5 Å². The van der Waals surface area contributed by atoms with Gasteiger partial charge in [-0.1, -0.05) is 24.3 Å². The van der Waals surface area contributed by atoms with E-state index in [1.165, 1.54) is 24.7 Å². The molecule has 31 heavy (non-hydrogen) atoms. The van der Waals surface area contributed by atoms with Gasteiger partial charge in [-0.15, -0.1) is 0 Å². The molecule has 5 rings (SSSR count). The molecule has 3 heterocycles. The third kappa shape index (κ3) is 3.57. The molecule has 2 aromatic carbocycles. The van der Waals surface area contributed by atoms with Crippen LogP contribution in [0.1, 0.15) is 16.7 Å². The first-order valence-corrected chi connectivity index (χ1v) is 9.86. The van der Waals surface area contributed by atoms with Crippen LogP contribution >= 0.6 is 0 Å². The summed E-state index contributed by atoms with van der Waals surface area (Å²) < 4.78 is 14.4. The highest BCUT2D eigenvalue weighted by atomic mass is 19.1. The van der Waals surface area contributed by atoms with E-state index in [1.54, 1.807) is 18.5 Å². The van der Waals surface area contributed by atoms with Crippen molar-refractivity contribution in [1.29, 1.82) is 0 Å². The Bertz CT molecular complexity index is 1300. The van der Waals surface area contributed by atoms with E-state index in [4.69, 9.17) is 0 Å². The van der Waals surface area contributed by atoms with Crippen LogP contribution < -0.4 is 15.5 Å². The van der Waals surface area contributed by atoms with Crippen molar-refractivity contribution in [2.24, 2.45) is 15.0 Å². The Morgan fingerprint density at radius 3 is 2.97 bits per heavy atom. The largest absolute Gasteiger partial charge is 0.858 e. The number of nitrogens with one attached hydrogen (secondary N) is 2. The van der Waals surface area contributed by atoms with Crippen LogP contribution in [-0.4, -0.2) is 36.1 Å². The summed E-state index contributed by atoms with van der Waals surface area (Å²) in [6, 6.07) is 14.7. The Morgan fingerprint density at radius 2 is 2.13 bits per heavy atom. The first-order chi connectivity index (χ1) is 15.1. The van der Waals surface area contributed by atoms with Gasteiger partial charge in [-0.05, 0) is 35.7 Å². The first kappa shape index (κ1) is 19.1. The van der Waals surface area contributed by atoms with Crippen molar-refractivity contribution in [2.75, 3.05) is 7.05 Å². The van der Waals surface area contributed by atoms with Gasteiger partial charge in [0.15, 0.2) is 6.04 Å². The van der Waals surface area contributed by atoms with Gasteiger partial charge in [-0.25, -0.2) is 9.82 Å². The molecule has 2 aliphatic rings. The molecule has 8 heteroatoms. The molecular weight excluding hydrogens is 395 g/mol. The predicted octanol–water partition coefficient (Wildman–Crippen LogP) is 0.864. The second kappa shape index (κ2) is 7.73. The zero-order valence-electron chi connectivity index (χ0n) is 16.7. The molecule has 0 saturated heterocycles. The van der Waals surface area contributed by atoms with Crippen LogP contribution in [0.5, 0.6) is 0 Å². The van der Waals surface area contributed by atoms with Crippen molar-refractivity contribution in [3.8, 4) is 0 Å². The van der Waals surface area contributed by atoms with Crippen molar-refractivity contribution >= 4 is 34.7 Å². The quantitative estimate of drug-likeness (QED) is 0.490.